The van der Waals surface area contributed by atoms with Crippen LogP contribution in [-0.2, 0) is 23.4 Å². The van der Waals surface area contributed by atoms with E-state index in [2.05, 4.69) is 20.0 Å². The molecule has 3 aromatic rings. The van der Waals surface area contributed by atoms with Crippen LogP contribution in [0.2, 0.25) is 0 Å². The highest BCUT2D eigenvalue weighted by molar-refractivity contribution is 7.52. The SMILES string of the molecule is CC[C@H](OP(=O)(N[C@@H](C)C(=O)OC(C)C)Oc1ccccc1)[C@H]1O[C@@H](n2cnc3c(C)ncnc32)[C@H](O)[C@@H]1O. The van der Waals surface area contributed by atoms with Crippen LogP contribution in [0.25, 0.3) is 11.2 Å². The van der Waals surface area contributed by atoms with E-state index in [1.54, 1.807) is 58.0 Å². The van der Waals surface area contributed by atoms with Crippen molar-refractivity contribution in [2.75, 3.05) is 0 Å². The third-order valence-electron chi connectivity index (χ3n) is 6.16. The van der Waals surface area contributed by atoms with Gasteiger partial charge >= 0.3 is 13.7 Å². The fourth-order valence-electron chi connectivity index (χ4n) is 4.25. The first-order chi connectivity index (χ1) is 18.5. The molecule has 0 amide bonds. The fourth-order valence-corrected chi connectivity index (χ4v) is 6.01. The average molecular weight is 564 g/mol. The molecule has 3 heterocycles. The molecule has 1 fully saturated rings. The highest BCUT2D eigenvalue weighted by Gasteiger charge is 2.50. The van der Waals surface area contributed by atoms with E-state index >= 15 is 0 Å². The lowest BCUT2D eigenvalue weighted by molar-refractivity contribution is -0.149. The summed E-state index contributed by atoms with van der Waals surface area (Å²) in [5.41, 5.74) is 1.60. The number of nitrogens with one attached hydrogen (secondary N) is 1. The number of aliphatic hydroxyl groups excluding tert-OH is 2. The highest BCUT2D eigenvalue weighted by atomic mass is 31.2. The van der Waals surface area contributed by atoms with Gasteiger partial charge in [-0.3, -0.25) is 13.9 Å². The van der Waals surface area contributed by atoms with Crippen LogP contribution >= 0.6 is 7.75 Å². The van der Waals surface area contributed by atoms with Crippen molar-refractivity contribution in [3.05, 3.63) is 48.7 Å². The number of aromatic nitrogens is 4. The molecule has 0 spiro atoms. The van der Waals surface area contributed by atoms with Crippen LogP contribution in [0.1, 0.15) is 46.0 Å². The van der Waals surface area contributed by atoms with E-state index in [4.69, 9.17) is 18.5 Å². The number of hydrogen-bond donors (Lipinski definition) is 3. The summed E-state index contributed by atoms with van der Waals surface area (Å²) < 4.78 is 38.5. The number of para-hydroxylation sites is 1. The topological polar surface area (TPSA) is 167 Å². The first-order valence-corrected chi connectivity index (χ1v) is 14.2. The largest absolute Gasteiger partial charge is 0.462 e. The van der Waals surface area contributed by atoms with Crippen molar-refractivity contribution in [2.24, 2.45) is 0 Å². The van der Waals surface area contributed by atoms with Crippen LogP contribution in [-0.4, -0.2) is 72.3 Å². The number of fused-ring (bicyclic) bond motifs is 1. The molecule has 1 saturated heterocycles. The minimum absolute atomic E-state index is 0.224. The number of aliphatic hydroxyl groups is 2. The van der Waals surface area contributed by atoms with Gasteiger partial charge in [-0.15, -0.1) is 0 Å². The Morgan fingerprint density at radius 3 is 2.54 bits per heavy atom. The van der Waals surface area contributed by atoms with E-state index in [1.165, 1.54) is 24.1 Å². The number of benzene rings is 1. The maximum Gasteiger partial charge on any atom is 0.459 e. The minimum atomic E-state index is -4.25. The lowest BCUT2D eigenvalue weighted by Crippen LogP contribution is -2.42. The number of hydrogen-bond acceptors (Lipinski definition) is 11. The van der Waals surface area contributed by atoms with Crippen molar-refractivity contribution < 1.29 is 38.1 Å². The standard InChI is InChI=1S/C25H34N5O8P/c1-6-18(22-20(31)21(32)24(36-22)30-13-28-19-15(4)26-12-27-23(19)30)38-39(34,37-17-10-8-7-9-11-17)29-16(5)25(33)35-14(2)3/h7-14,16,18,20-22,24,31-32H,6H2,1-5H3,(H,29,34)/t16-,18-,20-,21+,22+,24+,39?/m0/s1. The lowest BCUT2D eigenvalue weighted by atomic mass is 10.0. The third kappa shape index (κ3) is 6.46. The van der Waals surface area contributed by atoms with Crippen LogP contribution in [0, 0.1) is 6.92 Å². The second-order valence-electron chi connectivity index (χ2n) is 9.55. The van der Waals surface area contributed by atoms with E-state index in [-0.39, 0.29) is 18.3 Å². The van der Waals surface area contributed by atoms with Gasteiger partial charge in [0.05, 0.1) is 24.2 Å². The average Bonchev–Trinajstić information content (AvgIpc) is 3.44. The molecule has 1 unspecified atom stereocenters. The van der Waals surface area contributed by atoms with Gasteiger partial charge in [0.25, 0.3) is 0 Å². The Kier molecular flexibility index (Phi) is 9.00. The van der Waals surface area contributed by atoms with Crippen LogP contribution in [0.15, 0.2) is 43.0 Å². The van der Waals surface area contributed by atoms with Gasteiger partial charge in [-0.05, 0) is 46.2 Å². The molecule has 7 atom stereocenters. The van der Waals surface area contributed by atoms with Gasteiger partial charge < -0.3 is 24.2 Å². The Bertz CT molecular complexity index is 1320. The molecule has 212 valence electrons. The molecule has 14 heteroatoms. The van der Waals surface area contributed by atoms with E-state index < -0.39 is 50.4 Å². The van der Waals surface area contributed by atoms with Crippen molar-refractivity contribution in [1.29, 1.82) is 0 Å². The molecule has 13 nitrogen and oxygen atoms in total. The number of carbonyl (C=O) groups excluding carboxylic acids is 1. The molecule has 39 heavy (non-hydrogen) atoms. The molecule has 1 aliphatic rings. The number of carbonyl (C=O) groups is 1. The zero-order valence-electron chi connectivity index (χ0n) is 22.4. The maximum absolute atomic E-state index is 14.0. The van der Waals surface area contributed by atoms with Crippen molar-refractivity contribution >= 4 is 24.9 Å². The molecule has 2 aromatic heterocycles. The van der Waals surface area contributed by atoms with E-state index in [1.807, 2.05) is 0 Å². The quantitative estimate of drug-likeness (QED) is 0.231. The molecule has 0 bridgehead atoms. The Morgan fingerprint density at radius 2 is 1.87 bits per heavy atom. The molecule has 0 radical (unpaired) electrons. The first-order valence-electron chi connectivity index (χ1n) is 12.7. The monoisotopic (exact) mass is 563 g/mol. The van der Waals surface area contributed by atoms with Crippen molar-refractivity contribution in [3.63, 3.8) is 0 Å². The normalized spacial score (nSPS) is 24.4. The highest BCUT2D eigenvalue weighted by Crippen LogP contribution is 2.48. The predicted molar refractivity (Wildman–Crippen MR) is 140 cm³/mol. The second kappa shape index (κ2) is 12.1. The summed E-state index contributed by atoms with van der Waals surface area (Å²) in [6.07, 6.45) is -3.29. The summed E-state index contributed by atoms with van der Waals surface area (Å²) >= 11 is 0. The van der Waals surface area contributed by atoms with Crippen LogP contribution in [0.3, 0.4) is 0 Å². The predicted octanol–water partition coefficient (Wildman–Crippen LogP) is 2.67. The van der Waals surface area contributed by atoms with Gasteiger partial charge in [-0.1, -0.05) is 25.1 Å². The molecule has 0 aliphatic carbocycles. The van der Waals surface area contributed by atoms with E-state index in [9.17, 15) is 19.6 Å². The minimum Gasteiger partial charge on any atom is -0.462 e. The molecule has 0 saturated carbocycles. The number of nitrogens with zero attached hydrogens (tertiary/aromatic N) is 4. The zero-order chi connectivity index (χ0) is 28.3. The van der Waals surface area contributed by atoms with Gasteiger partial charge in [0, 0.05) is 0 Å². The number of imidazole rings is 1. The first kappa shape index (κ1) is 29.1. The maximum atomic E-state index is 14.0. The van der Waals surface area contributed by atoms with E-state index in [0.717, 1.165) is 0 Å². The summed E-state index contributed by atoms with van der Waals surface area (Å²) in [6, 6.07) is 7.28. The van der Waals surface area contributed by atoms with Gasteiger partial charge in [0.1, 0.15) is 41.9 Å². The Balaban J connectivity index is 1.59. The van der Waals surface area contributed by atoms with E-state index in [0.29, 0.717) is 16.9 Å². The number of ether oxygens (including phenoxy) is 2. The fraction of sp³-hybridized carbons (Fsp3) is 0.520. The van der Waals surface area contributed by atoms with Gasteiger partial charge in [-0.2, -0.15) is 5.09 Å². The Hall–Kier alpha value is -2.93. The summed E-state index contributed by atoms with van der Waals surface area (Å²) in [5, 5.41) is 24.5. The molecular formula is C25H34N5O8P. The summed E-state index contributed by atoms with van der Waals surface area (Å²) in [7, 11) is -4.25. The number of esters is 1. The van der Waals surface area contributed by atoms with Gasteiger partial charge in [-0.25, -0.2) is 19.5 Å². The Morgan fingerprint density at radius 1 is 1.15 bits per heavy atom. The van der Waals surface area contributed by atoms with Crippen molar-refractivity contribution in [2.45, 2.75) is 83.8 Å². The summed E-state index contributed by atoms with van der Waals surface area (Å²) in [5.74, 6) is -0.409. The molecule has 1 aromatic carbocycles. The second-order valence-corrected chi connectivity index (χ2v) is 11.2. The molecule has 1 aliphatic heterocycles. The molecule has 3 N–H and O–H groups in total. The van der Waals surface area contributed by atoms with Crippen molar-refractivity contribution in [3.8, 4) is 5.75 Å². The van der Waals surface area contributed by atoms with Gasteiger partial charge in [0.15, 0.2) is 11.9 Å². The smallest absolute Gasteiger partial charge is 0.459 e. The Labute approximate surface area is 226 Å². The number of rotatable bonds is 11. The van der Waals surface area contributed by atoms with Crippen LogP contribution in [0.5, 0.6) is 5.75 Å². The summed E-state index contributed by atoms with van der Waals surface area (Å²) in [4.78, 5) is 25.1. The number of aryl methyl sites for hydroxylation is 1. The van der Waals surface area contributed by atoms with Crippen LogP contribution < -0.4 is 9.61 Å². The van der Waals surface area contributed by atoms with Crippen molar-refractivity contribution in [1.82, 2.24) is 24.6 Å². The van der Waals surface area contributed by atoms with Gasteiger partial charge in [0.2, 0.25) is 0 Å². The van der Waals surface area contributed by atoms with Crippen LogP contribution in [0.4, 0.5) is 0 Å². The lowest BCUT2D eigenvalue weighted by Gasteiger charge is -2.30. The zero-order valence-corrected chi connectivity index (χ0v) is 23.3. The third-order valence-corrected chi connectivity index (χ3v) is 7.86. The summed E-state index contributed by atoms with van der Waals surface area (Å²) in [6.45, 7) is 8.40. The molecular weight excluding hydrogens is 529 g/mol. The molecule has 4 rings (SSSR count).